The van der Waals surface area contributed by atoms with Gasteiger partial charge in [0.1, 0.15) is 18.5 Å². The summed E-state index contributed by atoms with van der Waals surface area (Å²) in [7, 11) is -3.63. The average molecular weight is 580 g/mol. The van der Waals surface area contributed by atoms with Crippen LogP contribution in [0.1, 0.15) is 6.23 Å². The number of imidazole rings is 1. The quantitative estimate of drug-likeness (QED) is 0.186. The first kappa shape index (κ1) is 29.1. The summed E-state index contributed by atoms with van der Waals surface area (Å²) >= 11 is 0. The first-order valence-corrected chi connectivity index (χ1v) is 11.4. The maximum absolute atomic E-state index is 12.9. The van der Waals surface area contributed by atoms with Gasteiger partial charge >= 0.3 is 37.7 Å². The first-order valence-electron chi connectivity index (χ1n) is 9.92. The number of carbonyl (C=O) groups excluding carboxylic acids is 2. The smallest absolute Gasteiger partial charge is 0.490 e. The van der Waals surface area contributed by atoms with E-state index in [-0.39, 0.29) is 0 Å². The second kappa shape index (κ2) is 10.4. The van der Waals surface area contributed by atoms with E-state index in [1.807, 2.05) is 0 Å². The second-order valence-corrected chi connectivity index (χ2v) is 9.20. The van der Waals surface area contributed by atoms with Gasteiger partial charge in [0.15, 0.2) is 18.4 Å². The number of hydrogen-bond donors (Lipinski definition) is 1. The number of aromatic nitrogens is 4. The largest absolute Gasteiger partial charge is 0.742 e. The lowest BCUT2D eigenvalue weighted by molar-refractivity contribution is -0.670. The molecule has 3 rings (SSSR count). The second-order valence-electron chi connectivity index (χ2n) is 7.54. The summed E-state index contributed by atoms with van der Waals surface area (Å²) in [6.07, 6.45) is -17.1. The molecule has 5 atom stereocenters. The van der Waals surface area contributed by atoms with Gasteiger partial charge in [-0.15, -0.1) is 0 Å². The number of aromatic amines is 1. The predicted octanol–water partition coefficient (Wildman–Crippen LogP) is -0.958. The minimum absolute atomic E-state index is 0.312. The van der Waals surface area contributed by atoms with Crippen LogP contribution in [-0.4, -0.2) is 63.1 Å². The number of carbonyl (C=O) groups is 2. The highest BCUT2D eigenvalue weighted by Crippen LogP contribution is 2.41. The van der Waals surface area contributed by atoms with Crippen LogP contribution in [0.4, 0.5) is 26.3 Å². The van der Waals surface area contributed by atoms with Gasteiger partial charge in [0.25, 0.3) is 5.56 Å². The Bertz CT molecular complexity index is 1370. The molecule has 1 fully saturated rings. The Morgan fingerprint density at radius 2 is 1.68 bits per heavy atom. The molecule has 0 aromatic carbocycles. The third-order valence-corrected chi connectivity index (χ3v) is 6.08. The number of rotatable bonds is 7. The molecule has 0 radical (unpaired) electrons. The standard InChI is InChI=1S/C17H15F6N4O10P/c1-25-4-5-26(7-25)38(32,33)34-6-8-10(36-13(29)16(18,19)20)11(37-14(30)17(21,22)23)12(35-8)27-3-2-9(28)24-15(27)31/h2-5,7-8,10-12H,6H2,1H3,(H-,24,28,31,32,33)/t8-,10+,11?,12-/m1/s1. The highest BCUT2D eigenvalue weighted by molar-refractivity contribution is 7.49. The van der Waals surface area contributed by atoms with Crippen LogP contribution < -0.4 is 20.7 Å². The van der Waals surface area contributed by atoms with Crippen molar-refractivity contribution in [3.63, 3.8) is 0 Å². The number of H-pyrrole nitrogens is 1. The molecule has 0 amide bonds. The monoisotopic (exact) mass is 580 g/mol. The molecule has 0 bridgehead atoms. The predicted molar refractivity (Wildman–Crippen MR) is 102 cm³/mol. The van der Waals surface area contributed by atoms with Crippen LogP contribution in [0.5, 0.6) is 0 Å². The highest BCUT2D eigenvalue weighted by Gasteiger charge is 2.56. The van der Waals surface area contributed by atoms with Crippen molar-refractivity contribution in [2.75, 3.05) is 6.61 Å². The summed E-state index contributed by atoms with van der Waals surface area (Å²) in [6.45, 7) is -1.28. The molecule has 0 aliphatic carbocycles. The summed E-state index contributed by atoms with van der Waals surface area (Å²) in [5, 5.41) is 0. The summed E-state index contributed by atoms with van der Waals surface area (Å²) in [5.41, 5.74) is -2.38. The van der Waals surface area contributed by atoms with Crippen molar-refractivity contribution in [1.82, 2.24) is 13.9 Å². The van der Waals surface area contributed by atoms with Crippen molar-refractivity contribution in [3.8, 4) is 0 Å². The Morgan fingerprint density at radius 1 is 1.11 bits per heavy atom. The summed E-state index contributed by atoms with van der Waals surface area (Å²) < 4.78 is 110. The number of alkyl halides is 6. The molecule has 21 heteroatoms. The summed E-state index contributed by atoms with van der Waals surface area (Å²) in [6, 6.07) is 0.659. The maximum atomic E-state index is 12.9. The molecule has 3 heterocycles. The topological polar surface area (TPSA) is 175 Å². The van der Waals surface area contributed by atoms with Gasteiger partial charge in [-0.1, -0.05) is 0 Å². The molecule has 2 aromatic heterocycles. The van der Waals surface area contributed by atoms with Crippen molar-refractivity contribution in [1.29, 1.82) is 0 Å². The lowest BCUT2D eigenvalue weighted by Crippen LogP contribution is -2.46. The molecule has 2 unspecified atom stereocenters. The summed E-state index contributed by atoms with van der Waals surface area (Å²) in [5.74, 6) is -5.95. The summed E-state index contributed by atoms with van der Waals surface area (Å²) in [4.78, 5) is 60.7. The van der Waals surface area contributed by atoms with E-state index in [9.17, 15) is 55.0 Å². The number of ether oxygens (including phenoxy) is 3. The average Bonchev–Trinajstić information content (AvgIpc) is 3.36. The van der Waals surface area contributed by atoms with Gasteiger partial charge in [-0.2, -0.15) is 30.7 Å². The number of hydrogen-bond acceptors (Lipinski definition) is 10. The SMILES string of the molecule is C[n+]1ccn(P(=O)([O-])OC[C@H]2O[C@@H](n3ccc(=O)[nH]c3=O)C(OC(=O)C(F)(F)F)[C@H]2OC(=O)C(F)(F)F)c1. The Kier molecular flexibility index (Phi) is 7.92. The van der Waals surface area contributed by atoms with Crippen LogP contribution in [-0.2, 0) is 39.9 Å². The van der Waals surface area contributed by atoms with Crippen LogP contribution in [0.2, 0.25) is 0 Å². The zero-order valence-electron chi connectivity index (χ0n) is 18.5. The lowest BCUT2D eigenvalue weighted by Gasteiger charge is -2.26. The third kappa shape index (κ3) is 6.50. The number of nitrogens with zero attached hydrogens (tertiary/aromatic N) is 3. The van der Waals surface area contributed by atoms with E-state index >= 15 is 0 Å². The van der Waals surface area contributed by atoms with Gasteiger partial charge in [-0.25, -0.2) is 19.0 Å². The Labute approximate surface area is 205 Å². The van der Waals surface area contributed by atoms with Gasteiger partial charge in [0.2, 0.25) is 6.33 Å². The van der Waals surface area contributed by atoms with Gasteiger partial charge < -0.3 is 23.6 Å². The molecule has 0 saturated carbocycles. The van der Waals surface area contributed by atoms with Crippen molar-refractivity contribution < 1.29 is 68.7 Å². The van der Waals surface area contributed by atoms with E-state index in [1.54, 1.807) is 4.98 Å². The van der Waals surface area contributed by atoms with E-state index in [0.29, 0.717) is 21.2 Å². The number of esters is 2. The first-order chi connectivity index (χ1) is 17.4. The van der Waals surface area contributed by atoms with E-state index in [4.69, 9.17) is 9.26 Å². The third-order valence-electron chi connectivity index (χ3n) is 4.80. The molecule has 1 aliphatic heterocycles. The molecular weight excluding hydrogens is 565 g/mol. The van der Waals surface area contributed by atoms with Gasteiger partial charge in [-0.3, -0.25) is 18.9 Å². The van der Waals surface area contributed by atoms with Gasteiger partial charge in [0.05, 0.1) is 13.7 Å². The fourth-order valence-corrected chi connectivity index (χ4v) is 4.14. The van der Waals surface area contributed by atoms with E-state index in [0.717, 1.165) is 12.5 Å². The molecule has 1 aliphatic rings. The Hall–Kier alpha value is -3.48. The van der Waals surface area contributed by atoms with Crippen molar-refractivity contribution in [3.05, 3.63) is 51.8 Å². The van der Waals surface area contributed by atoms with E-state index in [1.165, 1.54) is 17.8 Å². The molecule has 0 spiro atoms. The van der Waals surface area contributed by atoms with Crippen molar-refractivity contribution in [2.24, 2.45) is 7.05 Å². The number of nitrogens with one attached hydrogen (secondary N) is 1. The van der Waals surface area contributed by atoms with Crippen molar-refractivity contribution >= 4 is 19.7 Å². The molecule has 1 saturated heterocycles. The van der Waals surface area contributed by atoms with E-state index in [2.05, 4.69) is 9.47 Å². The van der Waals surface area contributed by atoms with Crippen LogP contribution in [0, 0.1) is 0 Å². The minimum Gasteiger partial charge on any atom is -0.742 e. The zero-order chi connectivity index (χ0) is 28.6. The number of halogens is 6. The molecular formula is C17H15F6N4O10P. The van der Waals surface area contributed by atoms with Gasteiger partial charge in [-0.05, 0) is 0 Å². The minimum atomic E-state index is -5.71. The van der Waals surface area contributed by atoms with Gasteiger partial charge in [0, 0.05) is 12.3 Å². The maximum Gasteiger partial charge on any atom is 0.490 e. The fourth-order valence-electron chi connectivity index (χ4n) is 3.16. The normalized spacial score (nSPS) is 23.6. The molecule has 210 valence electrons. The molecule has 1 N–H and O–H groups in total. The Balaban J connectivity index is 2.02. The van der Waals surface area contributed by atoms with Crippen molar-refractivity contribution in [2.45, 2.75) is 36.9 Å². The highest BCUT2D eigenvalue weighted by atomic mass is 31.2. The van der Waals surface area contributed by atoms with Crippen LogP contribution in [0.3, 0.4) is 0 Å². The van der Waals surface area contributed by atoms with Crippen LogP contribution in [0.15, 0.2) is 40.6 Å². The molecule has 38 heavy (non-hydrogen) atoms. The molecule has 2 aromatic rings. The zero-order valence-corrected chi connectivity index (χ0v) is 19.4. The van der Waals surface area contributed by atoms with E-state index < -0.39 is 74.4 Å². The lowest BCUT2D eigenvalue weighted by atomic mass is 10.1. The molecule has 14 nitrogen and oxygen atoms in total. The number of aryl methyl sites for hydroxylation is 1. The van der Waals surface area contributed by atoms with Crippen LogP contribution >= 0.6 is 7.75 Å². The fraction of sp³-hybridized carbons (Fsp3) is 0.471. The van der Waals surface area contributed by atoms with Crippen LogP contribution in [0.25, 0.3) is 0 Å². The Morgan fingerprint density at radius 3 is 2.18 bits per heavy atom.